The smallest absolute Gasteiger partial charge is 0.262 e. The summed E-state index contributed by atoms with van der Waals surface area (Å²) in [5.74, 6) is 0.276. The standard InChI is InChI=1S/C24H16N2O3/c27-23-18-13-7-8-14-19(18)24(28)26(23)15-20-25-21(16-9-3-1-4-10-16)22(29-20)17-11-5-2-6-12-17/h1-14H,15H2. The summed E-state index contributed by atoms with van der Waals surface area (Å²) in [6, 6.07) is 26.2. The number of carbonyl (C=O) groups excluding carboxylic acids is 2. The fourth-order valence-corrected chi connectivity index (χ4v) is 3.53. The highest BCUT2D eigenvalue weighted by molar-refractivity contribution is 6.21. The van der Waals surface area contributed by atoms with E-state index in [1.165, 1.54) is 4.90 Å². The Morgan fingerprint density at radius 2 is 1.21 bits per heavy atom. The van der Waals surface area contributed by atoms with E-state index in [0.717, 1.165) is 11.1 Å². The topological polar surface area (TPSA) is 63.4 Å². The SMILES string of the molecule is O=C1c2ccccc2C(=O)N1Cc1nc(-c2ccccc2)c(-c2ccccc2)o1. The molecule has 0 bridgehead atoms. The van der Waals surface area contributed by atoms with Crippen molar-refractivity contribution < 1.29 is 14.0 Å². The molecule has 5 nitrogen and oxygen atoms in total. The van der Waals surface area contributed by atoms with E-state index in [2.05, 4.69) is 4.98 Å². The maximum atomic E-state index is 12.7. The highest BCUT2D eigenvalue weighted by Crippen LogP contribution is 2.33. The van der Waals surface area contributed by atoms with Gasteiger partial charge in [0, 0.05) is 11.1 Å². The van der Waals surface area contributed by atoms with Gasteiger partial charge in [0.15, 0.2) is 5.76 Å². The van der Waals surface area contributed by atoms with E-state index >= 15 is 0 Å². The molecule has 5 rings (SSSR count). The molecule has 5 heteroatoms. The van der Waals surface area contributed by atoms with Gasteiger partial charge in [0.25, 0.3) is 11.8 Å². The van der Waals surface area contributed by atoms with Crippen LogP contribution in [0.3, 0.4) is 0 Å². The molecule has 29 heavy (non-hydrogen) atoms. The van der Waals surface area contributed by atoms with Crippen molar-refractivity contribution in [2.24, 2.45) is 0 Å². The summed E-state index contributed by atoms with van der Waals surface area (Å²) in [6.45, 7) is -0.0149. The van der Waals surface area contributed by atoms with Crippen molar-refractivity contribution in [3.63, 3.8) is 0 Å². The second-order valence-electron chi connectivity index (χ2n) is 6.76. The van der Waals surface area contributed by atoms with Crippen LogP contribution in [0.25, 0.3) is 22.6 Å². The minimum atomic E-state index is -0.327. The van der Waals surface area contributed by atoms with Crippen LogP contribution in [0.5, 0.6) is 0 Å². The third-order valence-corrected chi connectivity index (χ3v) is 4.93. The molecule has 1 aromatic heterocycles. The average Bonchev–Trinajstić information content (AvgIpc) is 3.31. The van der Waals surface area contributed by atoms with Crippen molar-refractivity contribution in [3.8, 4) is 22.6 Å². The summed E-state index contributed by atoms with van der Waals surface area (Å²) < 4.78 is 6.06. The fraction of sp³-hybridized carbons (Fsp3) is 0.0417. The largest absolute Gasteiger partial charge is 0.438 e. The summed E-state index contributed by atoms with van der Waals surface area (Å²) >= 11 is 0. The van der Waals surface area contributed by atoms with Gasteiger partial charge in [-0.15, -0.1) is 0 Å². The van der Waals surface area contributed by atoms with E-state index in [0.29, 0.717) is 28.5 Å². The van der Waals surface area contributed by atoms with Crippen molar-refractivity contribution in [3.05, 3.63) is 102 Å². The van der Waals surface area contributed by atoms with Crippen LogP contribution < -0.4 is 0 Å². The Labute approximate surface area is 167 Å². The van der Waals surface area contributed by atoms with E-state index in [9.17, 15) is 9.59 Å². The molecule has 2 heterocycles. The first kappa shape index (κ1) is 17.1. The lowest BCUT2D eigenvalue weighted by Crippen LogP contribution is -2.29. The number of imide groups is 1. The summed E-state index contributed by atoms with van der Waals surface area (Å²) in [6.07, 6.45) is 0. The third-order valence-electron chi connectivity index (χ3n) is 4.93. The van der Waals surface area contributed by atoms with Crippen LogP contribution in [-0.4, -0.2) is 21.7 Å². The van der Waals surface area contributed by atoms with Gasteiger partial charge in [-0.3, -0.25) is 14.5 Å². The zero-order valence-corrected chi connectivity index (χ0v) is 15.4. The first-order chi connectivity index (χ1) is 14.2. The molecule has 1 aliphatic heterocycles. The Bertz CT molecular complexity index is 1120. The van der Waals surface area contributed by atoms with Crippen molar-refractivity contribution in [1.29, 1.82) is 0 Å². The molecule has 140 valence electrons. The molecule has 0 saturated heterocycles. The molecular formula is C24H16N2O3. The van der Waals surface area contributed by atoms with E-state index in [4.69, 9.17) is 4.42 Å². The molecular weight excluding hydrogens is 364 g/mol. The molecule has 2 amide bonds. The van der Waals surface area contributed by atoms with Crippen molar-refractivity contribution in [1.82, 2.24) is 9.88 Å². The lowest BCUT2D eigenvalue weighted by atomic mass is 10.1. The summed E-state index contributed by atoms with van der Waals surface area (Å²) in [5, 5.41) is 0. The fourth-order valence-electron chi connectivity index (χ4n) is 3.53. The lowest BCUT2D eigenvalue weighted by molar-refractivity contribution is 0.0629. The predicted molar refractivity (Wildman–Crippen MR) is 108 cm³/mol. The maximum Gasteiger partial charge on any atom is 0.262 e. The Morgan fingerprint density at radius 3 is 1.79 bits per heavy atom. The molecule has 4 aromatic rings. The van der Waals surface area contributed by atoms with Crippen LogP contribution in [0.15, 0.2) is 89.3 Å². The van der Waals surface area contributed by atoms with Crippen LogP contribution in [0, 0.1) is 0 Å². The third kappa shape index (κ3) is 2.93. The van der Waals surface area contributed by atoms with E-state index < -0.39 is 0 Å². The van der Waals surface area contributed by atoms with Crippen molar-refractivity contribution in [2.45, 2.75) is 6.54 Å². The van der Waals surface area contributed by atoms with Gasteiger partial charge in [-0.25, -0.2) is 4.98 Å². The minimum absolute atomic E-state index is 0.0149. The molecule has 0 atom stereocenters. The monoisotopic (exact) mass is 380 g/mol. The highest BCUT2D eigenvalue weighted by atomic mass is 16.4. The summed E-state index contributed by atoms with van der Waals surface area (Å²) in [5.41, 5.74) is 3.30. The number of hydrogen-bond acceptors (Lipinski definition) is 4. The molecule has 0 N–H and O–H groups in total. The van der Waals surface area contributed by atoms with E-state index in [1.807, 2.05) is 60.7 Å². The molecule has 0 aliphatic carbocycles. The number of rotatable bonds is 4. The van der Waals surface area contributed by atoms with Crippen molar-refractivity contribution in [2.75, 3.05) is 0 Å². The lowest BCUT2D eigenvalue weighted by Gasteiger charge is -2.10. The first-order valence-electron chi connectivity index (χ1n) is 9.28. The van der Waals surface area contributed by atoms with Crippen LogP contribution >= 0.6 is 0 Å². The summed E-state index contributed by atoms with van der Waals surface area (Å²) in [4.78, 5) is 31.2. The quantitative estimate of drug-likeness (QED) is 0.477. The van der Waals surface area contributed by atoms with Crippen LogP contribution in [0.2, 0.25) is 0 Å². The molecule has 0 unspecified atom stereocenters. The average molecular weight is 380 g/mol. The number of nitrogens with zero attached hydrogens (tertiary/aromatic N) is 2. The highest BCUT2D eigenvalue weighted by Gasteiger charge is 2.36. The van der Waals surface area contributed by atoms with Gasteiger partial charge < -0.3 is 4.42 Å². The normalized spacial score (nSPS) is 13.0. The van der Waals surface area contributed by atoms with Crippen LogP contribution in [0.4, 0.5) is 0 Å². The first-order valence-corrected chi connectivity index (χ1v) is 9.28. The predicted octanol–water partition coefficient (Wildman–Crippen LogP) is 4.80. The number of oxazole rings is 1. The maximum absolute atomic E-state index is 12.7. The Morgan fingerprint density at radius 1 is 0.690 bits per heavy atom. The van der Waals surface area contributed by atoms with Gasteiger partial charge in [-0.05, 0) is 12.1 Å². The van der Waals surface area contributed by atoms with E-state index in [1.54, 1.807) is 24.3 Å². The number of benzene rings is 3. The molecule has 0 saturated carbocycles. The van der Waals surface area contributed by atoms with Gasteiger partial charge in [0.2, 0.25) is 5.89 Å². The second-order valence-corrected chi connectivity index (χ2v) is 6.76. The number of fused-ring (bicyclic) bond motifs is 1. The molecule has 0 spiro atoms. The Kier molecular flexibility index (Phi) is 4.06. The zero-order chi connectivity index (χ0) is 19.8. The number of hydrogen-bond donors (Lipinski definition) is 0. The minimum Gasteiger partial charge on any atom is -0.438 e. The Hall–Kier alpha value is -3.99. The van der Waals surface area contributed by atoms with Crippen LogP contribution in [0.1, 0.15) is 26.6 Å². The molecule has 0 radical (unpaired) electrons. The number of aromatic nitrogens is 1. The molecule has 0 fully saturated rings. The summed E-state index contributed by atoms with van der Waals surface area (Å²) in [7, 11) is 0. The van der Waals surface area contributed by atoms with Gasteiger partial charge in [0.05, 0.1) is 11.1 Å². The van der Waals surface area contributed by atoms with Crippen molar-refractivity contribution >= 4 is 11.8 Å². The number of amides is 2. The number of carbonyl (C=O) groups is 2. The Balaban J connectivity index is 1.55. The van der Waals surface area contributed by atoms with Crippen LogP contribution in [-0.2, 0) is 6.54 Å². The molecule has 3 aromatic carbocycles. The zero-order valence-electron chi connectivity index (χ0n) is 15.4. The van der Waals surface area contributed by atoms with E-state index in [-0.39, 0.29) is 18.4 Å². The second kappa shape index (κ2) is 6.87. The van der Waals surface area contributed by atoms with Gasteiger partial charge >= 0.3 is 0 Å². The van der Waals surface area contributed by atoms with Gasteiger partial charge in [-0.2, -0.15) is 0 Å². The van der Waals surface area contributed by atoms with Gasteiger partial charge in [-0.1, -0.05) is 72.8 Å². The van der Waals surface area contributed by atoms with Gasteiger partial charge in [0.1, 0.15) is 12.2 Å². The molecule has 1 aliphatic rings.